The molecule has 1 aliphatic rings. The highest BCUT2D eigenvalue weighted by molar-refractivity contribution is 5.92. The molecule has 3 aromatic rings. The fraction of sp³-hybridized carbons (Fsp3) is 0.318. The Labute approximate surface area is 159 Å². The van der Waals surface area contributed by atoms with Crippen molar-refractivity contribution in [2.45, 2.75) is 20.4 Å². The van der Waals surface area contributed by atoms with Crippen molar-refractivity contribution in [1.29, 1.82) is 0 Å². The fourth-order valence-corrected chi connectivity index (χ4v) is 3.52. The average molecular weight is 363 g/mol. The molecule has 0 radical (unpaired) electrons. The first kappa shape index (κ1) is 17.8. The lowest BCUT2D eigenvalue weighted by Gasteiger charge is -2.26. The van der Waals surface area contributed by atoms with Gasteiger partial charge in [-0.2, -0.15) is 0 Å². The summed E-state index contributed by atoms with van der Waals surface area (Å²) in [5.74, 6) is 0.331. The molecular weight excluding hydrogens is 338 g/mol. The summed E-state index contributed by atoms with van der Waals surface area (Å²) in [6, 6.07) is 8.05. The molecule has 2 aromatic heterocycles. The van der Waals surface area contributed by atoms with Crippen molar-refractivity contribution in [1.82, 2.24) is 14.9 Å². The second-order valence-electron chi connectivity index (χ2n) is 7.03. The Morgan fingerprint density at radius 1 is 1.26 bits per heavy atom. The Kier molecular flexibility index (Phi) is 4.97. The fourth-order valence-electron chi connectivity index (χ4n) is 3.52. The number of phenolic OH excluding ortho intramolecular Hbond substituents is 1. The van der Waals surface area contributed by atoms with Crippen LogP contribution in [0.15, 0.2) is 42.7 Å². The highest BCUT2D eigenvalue weighted by Crippen LogP contribution is 2.31. The first-order valence-corrected chi connectivity index (χ1v) is 9.38. The number of aromatic nitrogens is 2. The highest BCUT2D eigenvalue weighted by Gasteiger charge is 2.14. The van der Waals surface area contributed by atoms with E-state index >= 15 is 0 Å². The van der Waals surface area contributed by atoms with Crippen molar-refractivity contribution < 1.29 is 9.84 Å². The number of benzene rings is 1. The monoisotopic (exact) mass is 363 g/mol. The number of nitrogens with one attached hydrogen (secondary N) is 1. The quantitative estimate of drug-likeness (QED) is 0.730. The van der Waals surface area contributed by atoms with Gasteiger partial charge < -0.3 is 14.8 Å². The van der Waals surface area contributed by atoms with E-state index in [1.807, 2.05) is 31.5 Å². The smallest absolute Gasteiger partial charge is 0.137 e. The minimum absolute atomic E-state index is 0.331. The molecule has 0 amide bonds. The number of nitrogens with zero attached hydrogens (tertiary/aromatic N) is 2. The van der Waals surface area contributed by atoms with Crippen LogP contribution in [-0.4, -0.2) is 46.3 Å². The van der Waals surface area contributed by atoms with Gasteiger partial charge >= 0.3 is 0 Å². The van der Waals surface area contributed by atoms with Gasteiger partial charge in [0.05, 0.1) is 13.2 Å². The van der Waals surface area contributed by atoms with Gasteiger partial charge in [0.15, 0.2) is 0 Å². The summed E-state index contributed by atoms with van der Waals surface area (Å²) in [6.45, 7) is 8.21. The lowest BCUT2D eigenvalue weighted by Crippen LogP contribution is -2.35. The number of hydrogen-bond acceptors (Lipinski definition) is 4. The molecule has 1 aromatic carbocycles. The topological polar surface area (TPSA) is 61.4 Å². The predicted molar refractivity (Wildman–Crippen MR) is 109 cm³/mol. The number of aromatic hydroxyl groups is 1. The van der Waals surface area contributed by atoms with E-state index in [4.69, 9.17) is 4.74 Å². The number of H-pyrrole nitrogens is 1. The summed E-state index contributed by atoms with van der Waals surface area (Å²) >= 11 is 0. The number of phenols is 1. The maximum absolute atomic E-state index is 10.5. The number of rotatable bonds is 4. The Morgan fingerprint density at radius 3 is 2.81 bits per heavy atom. The Hall–Kier alpha value is -2.63. The van der Waals surface area contributed by atoms with E-state index in [0.29, 0.717) is 5.75 Å². The number of morpholine rings is 1. The predicted octanol–water partition coefficient (Wildman–Crippen LogP) is 4.19. The molecule has 1 fully saturated rings. The molecule has 5 heteroatoms. The third-order valence-electron chi connectivity index (χ3n) is 5.31. The maximum Gasteiger partial charge on any atom is 0.137 e. The lowest BCUT2D eigenvalue weighted by atomic mass is 10.0. The normalized spacial score (nSPS) is 16.1. The molecule has 4 rings (SSSR count). The molecule has 140 valence electrons. The number of pyridine rings is 1. The molecule has 5 nitrogen and oxygen atoms in total. The van der Waals surface area contributed by atoms with Crippen LogP contribution in [0.4, 0.5) is 0 Å². The van der Waals surface area contributed by atoms with Crippen molar-refractivity contribution >= 4 is 16.6 Å². The molecule has 0 aliphatic carbocycles. The molecule has 2 N–H and O–H groups in total. The minimum atomic E-state index is 0.331. The number of fused-ring (bicyclic) bond motifs is 1. The van der Waals surface area contributed by atoms with Crippen molar-refractivity contribution in [3.63, 3.8) is 0 Å². The SMILES string of the molecule is C/C=C(\C)c1c[nH]c2ncc(-c3ccc(CN4CCOCC4)c(O)c3)cc12. The molecule has 1 saturated heterocycles. The zero-order chi connectivity index (χ0) is 18.8. The molecule has 27 heavy (non-hydrogen) atoms. The molecule has 0 atom stereocenters. The summed E-state index contributed by atoms with van der Waals surface area (Å²) < 4.78 is 5.39. The number of aromatic amines is 1. The van der Waals surface area contributed by atoms with Gasteiger partial charge in [-0.05, 0) is 37.1 Å². The summed E-state index contributed by atoms with van der Waals surface area (Å²) in [7, 11) is 0. The van der Waals surface area contributed by atoms with Gasteiger partial charge in [-0.15, -0.1) is 0 Å². The van der Waals surface area contributed by atoms with Crippen LogP contribution < -0.4 is 0 Å². The molecule has 0 unspecified atom stereocenters. The van der Waals surface area contributed by atoms with Crippen LogP contribution in [0.3, 0.4) is 0 Å². The Balaban J connectivity index is 1.64. The van der Waals surface area contributed by atoms with Gasteiger partial charge in [-0.25, -0.2) is 4.98 Å². The van der Waals surface area contributed by atoms with E-state index in [0.717, 1.165) is 66.1 Å². The van der Waals surface area contributed by atoms with Crippen molar-refractivity contribution in [2.24, 2.45) is 0 Å². The zero-order valence-corrected chi connectivity index (χ0v) is 15.8. The second-order valence-corrected chi connectivity index (χ2v) is 7.03. The largest absolute Gasteiger partial charge is 0.508 e. The molecule has 0 bridgehead atoms. The Bertz CT molecular complexity index is 984. The number of hydrogen-bond donors (Lipinski definition) is 2. The van der Waals surface area contributed by atoms with Crippen LogP contribution in [-0.2, 0) is 11.3 Å². The first-order valence-electron chi connectivity index (χ1n) is 9.38. The van der Waals surface area contributed by atoms with Gasteiger partial charge in [0, 0.05) is 54.1 Å². The zero-order valence-electron chi connectivity index (χ0n) is 15.8. The van der Waals surface area contributed by atoms with Crippen LogP contribution in [0.5, 0.6) is 5.75 Å². The molecule has 3 heterocycles. The summed E-state index contributed by atoms with van der Waals surface area (Å²) in [5.41, 5.74) is 6.17. The minimum Gasteiger partial charge on any atom is -0.508 e. The van der Waals surface area contributed by atoms with Crippen LogP contribution in [0, 0.1) is 0 Å². The van der Waals surface area contributed by atoms with E-state index < -0.39 is 0 Å². The van der Waals surface area contributed by atoms with Crippen molar-refractivity contribution in [3.8, 4) is 16.9 Å². The van der Waals surface area contributed by atoms with Gasteiger partial charge in [-0.1, -0.05) is 18.2 Å². The standard InChI is InChI=1S/C22H25N3O2/c1-3-15(2)20-13-24-22-19(20)10-18(12-23-22)16-4-5-17(21(26)11-16)14-25-6-8-27-9-7-25/h3-5,10-13,26H,6-9,14H2,1-2H3,(H,23,24)/b15-3+. The van der Waals surface area contributed by atoms with Gasteiger partial charge in [-0.3, -0.25) is 4.90 Å². The van der Waals surface area contributed by atoms with Gasteiger partial charge in [0.2, 0.25) is 0 Å². The van der Waals surface area contributed by atoms with Gasteiger partial charge in [0.1, 0.15) is 11.4 Å². The summed E-state index contributed by atoms with van der Waals surface area (Å²) in [6.07, 6.45) is 5.95. The van der Waals surface area contributed by atoms with Gasteiger partial charge in [0.25, 0.3) is 0 Å². The molecule has 0 saturated carbocycles. The molecule has 0 spiro atoms. The second kappa shape index (κ2) is 7.55. The van der Waals surface area contributed by atoms with Crippen LogP contribution in [0.2, 0.25) is 0 Å². The maximum atomic E-state index is 10.5. The number of ether oxygens (including phenoxy) is 1. The number of allylic oxidation sites excluding steroid dienone is 2. The van der Waals surface area contributed by atoms with E-state index in [2.05, 4.69) is 40.0 Å². The third-order valence-corrected chi connectivity index (χ3v) is 5.31. The molecule has 1 aliphatic heterocycles. The van der Waals surface area contributed by atoms with Crippen LogP contribution in [0.25, 0.3) is 27.7 Å². The summed E-state index contributed by atoms with van der Waals surface area (Å²) in [5, 5.41) is 11.6. The molecular formula is C22H25N3O2. The van der Waals surface area contributed by atoms with E-state index in [9.17, 15) is 5.11 Å². The van der Waals surface area contributed by atoms with Crippen LogP contribution in [0.1, 0.15) is 25.0 Å². The van der Waals surface area contributed by atoms with Crippen molar-refractivity contribution in [2.75, 3.05) is 26.3 Å². The van der Waals surface area contributed by atoms with E-state index in [1.54, 1.807) is 0 Å². The van der Waals surface area contributed by atoms with E-state index in [-0.39, 0.29) is 0 Å². The third kappa shape index (κ3) is 3.61. The Morgan fingerprint density at radius 2 is 2.07 bits per heavy atom. The average Bonchev–Trinajstić information content (AvgIpc) is 3.13. The van der Waals surface area contributed by atoms with Crippen LogP contribution >= 0.6 is 0 Å². The first-order chi connectivity index (χ1) is 13.2. The lowest BCUT2D eigenvalue weighted by molar-refractivity contribution is 0.0339. The summed E-state index contributed by atoms with van der Waals surface area (Å²) in [4.78, 5) is 10.1. The van der Waals surface area contributed by atoms with Crippen molar-refractivity contribution in [3.05, 3.63) is 53.9 Å². The highest BCUT2D eigenvalue weighted by atomic mass is 16.5. The van der Waals surface area contributed by atoms with E-state index in [1.165, 1.54) is 5.57 Å².